The molecule has 0 N–H and O–H groups in total. The molecule has 0 fully saturated rings. The molecule has 4 rings (SSSR count). The zero-order valence-electron chi connectivity index (χ0n) is 24.9. The van der Waals surface area contributed by atoms with Crippen LogP contribution in [0.3, 0.4) is 0 Å². The smallest absolute Gasteiger partial charge is 0.221 e. The molecule has 0 spiro atoms. The first-order valence-electron chi connectivity index (χ1n) is 14.0. The molecule has 0 saturated heterocycles. The van der Waals surface area contributed by atoms with Gasteiger partial charge in [-0.15, -0.1) is 0 Å². The Bertz CT molecular complexity index is 1350. The van der Waals surface area contributed by atoms with E-state index in [2.05, 4.69) is 113 Å². The SMILES string of the molecule is Cc1cccc(C)c1/N=C(\OC(C)C)c1ccc(-c2ccc(/C(=N/c3c(C)cccc3C)OC(C)C)cc2)cc1. The van der Waals surface area contributed by atoms with Gasteiger partial charge in [0.1, 0.15) is 0 Å². The Morgan fingerprint density at radius 2 is 0.775 bits per heavy atom. The van der Waals surface area contributed by atoms with Crippen molar-refractivity contribution in [2.45, 2.75) is 67.6 Å². The van der Waals surface area contributed by atoms with Crippen LogP contribution in [-0.4, -0.2) is 24.0 Å². The van der Waals surface area contributed by atoms with Crippen molar-refractivity contribution >= 4 is 23.2 Å². The second-order valence-electron chi connectivity index (χ2n) is 10.8. The van der Waals surface area contributed by atoms with Crippen molar-refractivity contribution in [3.63, 3.8) is 0 Å². The molecule has 0 bridgehead atoms. The molecular weight excluding hydrogens is 492 g/mol. The van der Waals surface area contributed by atoms with Gasteiger partial charge in [0.25, 0.3) is 0 Å². The molecule has 0 aliphatic heterocycles. The lowest BCUT2D eigenvalue weighted by atomic mass is 10.0. The maximum Gasteiger partial charge on any atom is 0.221 e. The van der Waals surface area contributed by atoms with Crippen LogP contribution in [0.2, 0.25) is 0 Å². The average molecular weight is 533 g/mol. The van der Waals surface area contributed by atoms with E-state index in [0.717, 1.165) is 55.9 Å². The number of aryl methyl sites for hydroxylation is 4. The molecule has 0 radical (unpaired) electrons. The van der Waals surface area contributed by atoms with E-state index in [1.54, 1.807) is 0 Å². The first-order chi connectivity index (χ1) is 19.1. The van der Waals surface area contributed by atoms with E-state index in [1.807, 2.05) is 27.7 Å². The van der Waals surface area contributed by atoms with Crippen LogP contribution in [0, 0.1) is 27.7 Å². The third kappa shape index (κ3) is 7.06. The number of para-hydroxylation sites is 2. The predicted molar refractivity (Wildman–Crippen MR) is 169 cm³/mol. The van der Waals surface area contributed by atoms with Gasteiger partial charge in [0, 0.05) is 11.1 Å². The van der Waals surface area contributed by atoms with Gasteiger partial charge in [-0.1, -0.05) is 60.7 Å². The Kier molecular flexibility index (Phi) is 9.21. The van der Waals surface area contributed by atoms with E-state index < -0.39 is 0 Å². The molecule has 40 heavy (non-hydrogen) atoms. The Balaban J connectivity index is 1.64. The standard InChI is InChI=1S/C36H40N2O2/c1-23(2)39-35(37-33-25(5)11-9-12-26(33)6)31-19-15-29(16-20-31)30-17-21-32(22-18-30)36(40-24(3)4)38-34-27(7)13-10-14-28(34)8/h9-24H,1-8H3/b37-35-,38-36-. The van der Waals surface area contributed by atoms with Gasteiger partial charge in [-0.3, -0.25) is 0 Å². The number of hydrogen-bond acceptors (Lipinski definition) is 4. The lowest BCUT2D eigenvalue weighted by molar-refractivity contribution is 0.229. The van der Waals surface area contributed by atoms with Crippen molar-refractivity contribution in [2.75, 3.05) is 0 Å². The maximum absolute atomic E-state index is 6.16. The molecule has 0 aliphatic carbocycles. The van der Waals surface area contributed by atoms with Gasteiger partial charge < -0.3 is 9.47 Å². The fourth-order valence-electron chi connectivity index (χ4n) is 4.54. The van der Waals surface area contributed by atoms with Crippen LogP contribution in [0.5, 0.6) is 0 Å². The lowest BCUT2D eigenvalue weighted by Gasteiger charge is -2.15. The Hall–Kier alpha value is -4.18. The third-order valence-electron chi connectivity index (χ3n) is 6.60. The van der Waals surface area contributed by atoms with Crippen LogP contribution >= 0.6 is 0 Å². The summed E-state index contributed by atoms with van der Waals surface area (Å²) in [6.45, 7) is 16.4. The van der Waals surface area contributed by atoms with E-state index in [0.29, 0.717) is 11.8 Å². The topological polar surface area (TPSA) is 43.2 Å². The highest BCUT2D eigenvalue weighted by Gasteiger charge is 2.13. The first kappa shape index (κ1) is 28.8. The van der Waals surface area contributed by atoms with Crippen LogP contribution in [0.25, 0.3) is 11.1 Å². The first-order valence-corrected chi connectivity index (χ1v) is 14.0. The third-order valence-corrected chi connectivity index (χ3v) is 6.60. The summed E-state index contributed by atoms with van der Waals surface area (Å²) >= 11 is 0. The van der Waals surface area contributed by atoms with Crippen LogP contribution in [-0.2, 0) is 9.47 Å². The van der Waals surface area contributed by atoms with Crippen LogP contribution in [0.1, 0.15) is 61.1 Å². The molecule has 4 heteroatoms. The Morgan fingerprint density at radius 3 is 1.05 bits per heavy atom. The van der Waals surface area contributed by atoms with Crippen LogP contribution in [0.4, 0.5) is 11.4 Å². The van der Waals surface area contributed by atoms with E-state index in [4.69, 9.17) is 19.5 Å². The van der Waals surface area contributed by atoms with Crippen molar-refractivity contribution < 1.29 is 9.47 Å². The van der Waals surface area contributed by atoms with Gasteiger partial charge >= 0.3 is 0 Å². The molecule has 0 atom stereocenters. The lowest BCUT2D eigenvalue weighted by Crippen LogP contribution is -2.13. The number of rotatable bonds is 7. The minimum Gasteiger partial charge on any atom is -0.475 e. The van der Waals surface area contributed by atoms with Crippen molar-refractivity contribution in [2.24, 2.45) is 9.98 Å². The summed E-state index contributed by atoms with van der Waals surface area (Å²) in [5, 5.41) is 0. The molecule has 0 unspecified atom stereocenters. The number of nitrogens with zero attached hydrogens (tertiary/aromatic N) is 2. The fourth-order valence-corrected chi connectivity index (χ4v) is 4.54. The van der Waals surface area contributed by atoms with E-state index in [1.165, 1.54) is 0 Å². The summed E-state index contributed by atoms with van der Waals surface area (Å²) in [5.74, 6) is 1.26. The van der Waals surface area contributed by atoms with E-state index >= 15 is 0 Å². The van der Waals surface area contributed by atoms with Gasteiger partial charge in [0.2, 0.25) is 11.8 Å². The number of benzene rings is 4. The molecule has 0 saturated carbocycles. The summed E-state index contributed by atoms with van der Waals surface area (Å²) in [4.78, 5) is 9.88. The van der Waals surface area contributed by atoms with Crippen molar-refractivity contribution in [3.05, 3.63) is 118 Å². The molecular formula is C36H40N2O2. The normalized spacial score (nSPS) is 12.2. The highest BCUT2D eigenvalue weighted by atomic mass is 16.5. The summed E-state index contributed by atoms with van der Waals surface area (Å²) in [7, 11) is 0. The minimum atomic E-state index is 0.0164. The van der Waals surface area contributed by atoms with E-state index in [-0.39, 0.29) is 12.2 Å². The fraction of sp³-hybridized carbons (Fsp3) is 0.278. The monoisotopic (exact) mass is 532 g/mol. The van der Waals surface area contributed by atoms with Gasteiger partial charge in [0.15, 0.2) is 0 Å². The highest BCUT2D eigenvalue weighted by molar-refractivity contribution is 5.98. The van der Waals surface area contributed by atoms with Gasteiger partial charge in [-0.25, -0.2) is 9.98 Å². The molecule has 0 aliphatic rings. The van der Waals surface area contributed by atoms with Crippen LogP contribution in [0.15, 0.2) is 94.9 Å². The quantitative estimate of drug-likeness (QED) is 0.176. The summed E-state index contributed by atoms with van der Waals surface area (Å²) in [5.41, 5.74) is 10.6. The highest BCUT2D eigenvalue weighted by Crippen LogP contribution is 2.28. The largest absolute Gasteiger partial charge is 0.475 e. The molecule has 0 amide bonds. The second kappa shape index (κ2) is 12.8. The number of ether oxygens (including phenoxy) is 2. The molecule has 206 valence electrons. The van der Waals surface area contributed by atoms with Gasteiger partial charge in [0.05, 0.1) is 23.6 Å². The second-order valence-corrected chi connectivity index (χ2v) is 10.8. The van der Waals surface area contributed by atoms with Gasteiger partial charge in [-0.05, 0) is 113 Å². The van der Waals surface area contributed by atoms with Crippen LogP contribution < -0.4 is 0 Å². The minimum absolute atomic E-state index is 0.0164. The number of hydrogen-bond donors (Lipinski definition) is 0. The molecule has 4 nitrogen and oxygen atoms in total. The summed E-state index contributed by atoms with van der Waals surface area (Å²) < 4.78 is 12.3. The molecule has 4 aromatic rings. The average Bonchev–Trinajstić information content (AvgIpc) is 2.91. The zero-order valence-corrected chi connectivity index (χ0v) is 24.9. The Labute approximate surface area is 239 Å². The molecule has 0 aromatic heterocycles. The van der Waals surface area contributed by atoms with E-state index in [9.17, 15) is 0 Å². The van der Waals surface area contributed by atoms with Crippen molar-refractivity contribution in [1.29, 1.82) is 0 Å². The van der Waals surface area contributed by atoms with Crippen molar-refractivity contribution in [3.8, 4) is 11.1 Å². The molecule has 0 heterocycles. The summed E-state index contributed by atoms with van der Waals surface area (Å²) in [6, 6.07) is 29.2. The maximum atomic E-state index is 6.16. The zero-order chi connectivity index (χ0) is 28.8. The van der Waals surface area contributed by atoms with Crippen molar-refractivity contribution in [1.82, 2.24) is 0 Å². The molecule has 4 aromatic carbocycles. The number of aliphatic imine (C=N–C) groups is 2. The summed E-state index contributed by atoms with van der Waals surface area (Å²) in [6.07, 6.45) is 0.0327. The Morgan fingerprint density at radius 1 is 0.475 bits per heavy atom. The van der Waals surface area contributed by atoms with Gasteiger partial charge in [-0.2, -0.15) is 0 Å². The predicted octanol–water partition coefficient (Wildman–Crippen LogP) is 9.59.